The quantitative estimate of drug-likeness (QED) is 0.509. The number of aromatic nitrogens is 3. The highest BCUT2D eigenvalue weighted by Gasteiger charge is 2.11. The molecular weight excluding hydrogens is 382 g/mol. The van der Waals surface area contributed by atoms with Crippen molar-refractivity contribution in [3.63, 3.8) is 0 Å². The van der Waals surface area contributed by atoms with Gasteiger partial charge in [0.15, 0.2) is 0 Å². The summed E-state index contributed by atoms with van der Waals surface area (Å²) in [6.07, 6.45) is 3.33. The number of amides is 1. The molecule has 128 valence electrons. The average Bonchev–Trinajstić information content (AvgIpc) is 3.14. The summed E-state index contributed by atoms with van der Waals surface area (Å²) in [4.78, 5) is 14.8. The highest BCUT2D eigenvalue weighted by atomic mass is 79.9. The van der Waals surface area contributed by atoms with E-state index in [1.54, 1.807) is 18.5 Å². The Morgan fingerprint density at radius 3 is 2.80 bits per heavy atom. The van der Waals surface area contributed by atoms with E-state index in [4.69, 9.17) is 0 Å². The summed E-state index contributed by atoms with van der Waals surface area (Å²) >= 11 is 3.29. The van der Waals surface area contributed by atoms with Crippen molar-refractivity contribution >= 4 is 28.1 Å². The van der Waals surface area contributed by atoms with Crippen LogP contribution in [0.15, 0.2) is 52.2 Å². The Bertz CT molecular complexity index is 911. The summed E-state index contributed by atoms with van der Waals surface area (Å²) in [5.74, 6) is -0.297. The molecule has 0 aliphatic carbocycles. The lowest BCUT2D eigenvalue weighted by molar-refractivity contribution is 0.0951. The Morgan fingerprint density at radius 2 is 2.12 bits per heavy atom. The van der Waals surface area contributed by atoms with Gasteiger partial charge in [0, 0.05) is 21.9 Å². The van der Waals surface area contributed by atoms with E-state index in [2.05, 4.69) is 48.7 Å². The van der Waals surface area contributed by atoms with E-state index in [0.29, 0.717) is 12.2 Å². The van der Waals surface area contributed by atoms with Gasteiger partial charge in [-0.25, -0.2) is 5.43 Å². The number of carbonyl (C=O) groups excluding carboxylic acids is 1. The lowest BCUT2D eigenvalue weighted by atomic mass is 10.2. The predicted molar refractivity (Wildman–Crippen MR) is 101 cm³/mol. The van der Waals surface area contributed by atoms with Crippen LogP contribution in [0.2, 0.25) is 0 Å². The topological polar surface area (TPSA) is 75.1 Å². The van der Waals surface area contributed by atoms with Gasteiger partial charge < -0.3 is 4.98 Å². The zero-order chi connectivity index (χ0) is 17.8. The fraction of sp³-hybridized carbons (Fsp3) is 0.167. The molecule has 2 aromatic heterocycles. The van der Waals surface area contributed by atoms with Gasteiger partial charge in [-0.2, -0.15) is 10.2 Å². The molecule has 3 rings (SSSR count). The summed E-state index contributed by atoms with van der Waals surface area (Å²) < 4.78 is 2.76. The molecule has 0 saturated carbocycles. The van der Waals surface area contributed by atoms with Gasteiger partial charge in [0.05, 0.1) is 18.5 Å². The van der Waals surface area contributed by atoms with Crippen molar-refractivity contribution in [1.29, 1.82) is 0 Å². The fourth-order valence-corrected chi connectivity index (χ4v) is 2.87. The minimum Gasteiger partial charge on any atom is -0.356 e. The first-order valence-electron chi connectivity index (χ1n) is 7.80. The third kappa shape index (κ3) is 4.06. The molecule has 3 aromatic rings. The molecule has 2 N–H and O–H groups in total. The van der Waals surface area contributed by atoms with Gasteiger partial charge in [-0.3, -0.25) is 9.48 Å². The molecule has 0 spiro atoms. The van der Waals surface area contributed by atoms with Gasteiger partial charge in [-0.05, 0) is 41.4 Å². The van der Waals surface area contributed by atoms with Crippen LogP contribution in [0.4, 0.5) is 0 Å². The number of hydrazone groups is 1. The zero-order valence-corrected chi connectivity index (χ0v) is 15.5. The van der Waals surface area contributed by atoms with Crippen molar-refractivity contribution in [2.75, 3.05) is 0 Å². The number of benzene rings is 1. The van der Waals surface area contributed by atoms with Gasteiger partial charge in [0.25, 0.3) is 5.91 Å². The monoisotopic (exact) mass is 399 g/mol. The number of nitrogens with one attached hydrogen (secondary N) is 2. The summed E-state index contributed by atoms with van der Waals surface area (Å²) in [5.41, 5.74) is 6.92. The highest BCUT2D eigenvalue weighted by molar-refractivity contribution is 9.10. The van der Waals surface area contributed by atoms with Gasteiger partial charge in [0.1, 0.15) is 5.69 Å². The van der Waals surface area contributed by atoms with Crippen LogP contribution in [-0.2, 0) is 6.54 Å². The number of rotatable bonds is 5. The second-order valence-electron chi connectivity index (χ2n) is 5.66. The summed E-state index contributed by atoms with van der Waals surface area (Å²) in [6.45, 7) is 4.62. The van der Waals surface area contributed by atoms with E-state index in [1.807, 2.05) is 36.7 Å². The number of hydrogen-bond donors (Lipinski definition) is 2. The van der Waals surface area contributed by atoms with Gasteiger partial charge in [0.2, 0.25) is 0 Å². The number of carbonyl (C=O) groups is 1. The second kappa shape index (κ2) is 7.48. The standard InChI is InChI=1S/C18H18BrN5O/c1-12-16(10-21-22-18(25)17-8-15(19)9-20-17)13(2)24(23-12)11-14-6-4-3-5-7-14/h3-10,20H,11H2,1-2H3,(H,22,25)/b21-10-. The molecule has 0 bridgehead atoms. The number of hydrogen-bond acceptors (Lipinski definition) is 3. The van der Waals surface area contributed by atoms with Crippen molar-refractivity contribution in [3.8, 4) is 0 Å². The highest BCUT2D eigenvalue weighted by Crippen LogP contribution is 2.13. The largest absolute Gasteiger partial charge is 0.356 e. The average molecular weight is 400 g/mol. The lowest BCUT2D eigenvalue weighted by Gasteiger charge is -2.04. The molecule has 2 heterocycles. The van der Waals surface area contributed by atoms with Crippen LogP contribution in [0.1, 0.15) is 33.0 Å². The Labute approximate surface area is 154 Å². The first-order chi connectivity index (χ1) is 12.0. The number of aryl methyl sites for hydroxylation is 1. The van der Waals surface area contributed by atoms with E-state index in [1.165, 1.54) is 5.56 Å². The normalized spacial score (nSPS) is 11.2. The number of halogens is 1. The van der Waals surface area contributed by atoms with Gasteiger partial charge in [-0.15, -0.1) is 0 Å². The number of aromatic amines is 1. The number of nitrogens with zero attached hydrogens (tertiary/aromatic N) is 3. The smallest absolute Gasteiger partial charge is 0.287 e. The molecule has 6 nitrogen and oxygen atoms in total. The summed E-state index contributed by atoms with van der Waals surface area (Å²) in [6, 6.07) is 11.8. The summed E-state index contributed by atoms with van der Waals surface area (Å²) in [5, 5.41) is 8.62. The van der Waals surface area contributed by atoms with Crippen molar-refractivity contribution in [3.05, 3.63) is 75.3 Å². The van der Waals surface area contributed by atoms with E-state index in [0.717, 1.165) is 21.4 Å². The van der Waals surface area contributed by atoms with Crippen molar-refractivity contribution in [2.45, 2.75) is 20.4 Å². The SMILES string of the molecule is Cc1nn(Cc2ccccc2)c(C)c1/C=N\NC(=O)c1cc(Br)c[nH]1. The van der Waals surface area contributed by atoms with Gasteiger partial charge >= 0.3 is 0 Å². The molecule has 0 atom stereocenters. The Hall–Kier alpha value is -2.67. The lowest BCUT2D eigenvalue weighted by Crippen LogP contribution is -2.18. The van der Waals surface area contributed by atoms with Crippen LogP contribution < -0.4 is 5.43 Å². The van der Waals surface area contributed by atoms with Crippen LogP contribution in [0.25, 0.3) is 0 Å². The van der Waals surface area contributed by atoms with Crippen LogP contribution in [0.3, 0.4) is 0 Å². The molecule has 25 heavy (non-hydrogen) atoms. The van der Waals surface area contributed by atoms with E-state index < -0.39 is 0 Å². The third-order valence-corrected chi connectivity index (χ3v) is 4.32. The Kier molecular flexibility index (Phi) is 5.14. The minimum atomic E-state index is -0.297. The van der Waals surface area contributed by atoms with Crippen molar-refractivity contribution < 1.29 is 4.79 Å². The Morgan fingerprint density at radius 1 is 1.36 bits per heavy atom. The number of H-pyrrole nitrogens is 1. The minimum absolute atomic E-state index is 0.297. The van der Waals surface area contributed by atoms with E-state index in [9.17, 15) is 4.79 Å². The first-order valence-corrected chi connectivity index (χ1v) is 8.59. The van der Waals surface area contributed by atoms with Crippen molar-refractivity contribution in [1.82, 2.24) is 20.2 Å². The molecule has 0 radical (unpaired) electrons. The molecular formula is C18H18BrN5O. The molecule has 7 heteroatoms. The molecule has 0 unspecified atom stereocenters. The molecule has 1 aromatic carbocycles. The molecule has 0 aliphatic heterocycles. The fourth-order valence-electron chi connectivity index (χ4n) is 2.52. The molecule has 0 fully saturated rings. The van der Waals surface area contributed by atoms with E-state index in [-0.39, 0.29) is 5.91 Å². The maximum absolute atomic E-state index is 12.0. The van der Waals surface area contributed by atoms with Crippen LogP contribution in [-0.4, -0.2) is 26.9 Å². The van der Waals surface area contributed by atoms with Crippen LogP contribution in [0.5, 0.6) is 0 Å². The van der Waals surface area contributed by atoms with E-state index >= 15 is 0 Å². The van der Waals surface area contributed by atoms with Crippen LogP contribution >= 0.6 is 15.9 Å². The molecule has 1 amide bonds. The van der Waals surface area contributed by atoms with Crippen molar-refractivity contribution in [2.24, 2.45) is 5.10 Å². The second-order valence-corrected chi connectivity index (χ2v) is 6.57. The zero-order valence-electron chi connectivity index (χ0n) is 14.0. The maximum atomic E-state index is 12.0. The van der Waals surface area contributed by atoms with Gasteiger partial charge in [-0.1, -0.05) is 30.3 Å². The maximum Gasteiger partial charge on any atom is 0.287 e. The predicted octanol–water partition coefficient (Wildman–Crippen LogP) is 3.40. The Balaban J connectivity index is 1.71. The molecule has 0 aliphatic rings. The van der Waals surface area contributed by atoms with Crippen LogP contribution in [0, 0.1) is 13.8 Å². The molecule has 0 saturated heterocycles. The summed E-state index contributed by atoms with van der Waals surface area (Å²) in [7, 11) is 0. The third-order valence-electron chi connectivity index (χ3n) is 3.86. The first kappa shape index (κ1) is 17.2.